The molecular weight excluding hydrogens is 222 g/mol. The van der Waals surface area contributed by atoms with Crippen molar-refractivity contribution in [2.75, 3.05) is 0 Å². The molecular formula is C12H18BFO3. The number of carbonyl (C=O) groups excluding carboxylic acids is 1. The maximum atomic E-state index is 13.8. The van der Waals surface area contributed by atoms with Crippen LogP contribution in [0.25, 0.3) is 0 Å². The van der Waals surface area contributed by atoms with Gasteiger partial charge in [-0.05, 0) is 46.0 Å². The molecule has 0 atom stereocenters. The van der Waals surface area contributed by atoms with E-state index in [1.165, 1.54) is 0 Å². The van der Waals surface area contributed by atoms with Crippen molar-refractivity contribution in [1.29, 1.82) is 0 Å². The average Bonchev–Trinajstić information content (AvgIpc) is 2.40. The zero-order chi connectivity index (χ0) is 12.8. The zero-order valence-corrected chi connectivity index (χ0v) is 10.8. The monoisotopic (exact) mass is 240 g/mol. The van der Waals surface area contributed by atoms with Crippen molar-refractivity contribution in [3.63, 3.8) is 0 Å². The lowest BCUT2D eigenvalue weighted by atomic mass is 9.72. The molecule has 0 unspecified atom stereocenters. The Kier molecular flexibility index (Phi) is 2.95. The smallest absolute Gasteiger partial charge is 0.399 e. The predicted octanol–water partition coefficient (Wildman–Crippen LogP) is 2.59. The molecule has 1 aliphatic carbocycles. The van der Waals surface area contributed by atoms with E-state index in [0.29, 0.717) is 18.3 Å². The van der Waals surface area contributed by atoms with E-state index in [2.05, 4.69) is 0 Å². The first-order valence-corrected chi connectivity index (χ1v) is 6.02. The summed E-state index contributed by atoms with van der Waals surface area (Å²) >= 11 is 0. The molecule has 0 aromatic carbocycles. The fourth-order valence-corrected chi connectivity index (χ4v) is 2.04. The van der Waals surface area contributed by atoms with Crippen molar-refractivity contribution in [3.05, 3.63) is 11.3 Å². The van der Waals surface area contributed by atoms with E-state index in [-0.39, 0.29) is 6.42 Å². The molecule has 0 aromatic rings. The summed E-state index contributed by atoms with van der Waals surface area (Å²) in [6, 6.07) is 0. The van der Waals surface area contributed by atoms with Crippen LogP contribution in [0.5, 0.6) is 0 Å². The highest BCUT2D eigenvalue weighted by Crippen LogP contribution is 2.41. The second-order valence-electron chi connectivity index (χ2n) is 5.70. The number of carbonyl (C=O) groups is 1. The Labute approximate surface area is 101 Å². The van der Waals surface area contributed by atoms with Gasteiger partial charge in [0.25, 0.3) is 0 Å². The molecule has 1 heterocycles. The van der Waals surface area contributed by atoms with E-state index in [4.69, 9.17) is 9.31 Å². The molecule has 94 valence electrons. The fraction of sp³-hybridized carbons (Fsp3) is 0.750. The molecule has 0 bridgehead atoms. The highest BCUT2D eigenvalue weighted by Gasteiger charge is 2.53. The van der Waals surface area contributed by atoms with E-state index in [9.17, 15) is 9.18 Å². The summed E-state index contributed by atoms with van der Waals surface area (Å²) in [7, 11) is -0.718. The SMILES string of the molecule is CC1(C)OB(C2=C(F)C(=O)CCC2)OC1(C)C. The summed E-state index contributed by atoms with van der Waals surface area (Å²) in [5.74, 6) is -1.09. The standard InChI is InChI=1S/C12H18BFO3/c1-11(2)12(3,4)17-13(16-11)8-6-5-7-9(15)10(8)14/h5-7H2,1-4H3. The van der Waals surface area contributed by atoms with Gasteiger partial charge in [-0.2, -0.15) is 0 Å². The van der Waals surface area contributed by atoms with Crippen LogP contribution in [0.15, 0.2) is 11.3 Å². The Morgan fingerprint density at radius 2 is 1.65 bits per heavy atom. The highest BCUT2D eigenvalue weighted by molar-refractivity contribution is 6.55. The first-order chi connectivity index (χ1) is 7.74. The summed E-state index contributed by atoms with van der Waals surface area (Å²) in [5.41, 5.74) is -0.614. The van der Waals surface area contributed by atoms with Gasteiger partial charge in [-0.25, -0.2) is 4.39 Å². The van der Waals surface area contributed by atoms with Crippen molar-refractivity contribution in [1.82, 2.24) is 0 Å². The lowest BCUT2D eigenvalue weighted by molar-refractivity contribution is -0.117. The van der Waals surface area contributed by atoms with Crippen LogP contribution >= 0.6 is 0 Å². The number of ketones is 1. The van der Waals surface area contributed by atoms with Gasteiger partial charge in [-0.3, -0.25) is 4.79 Å². The Hall–Kier alpha value is -0.675. The third-order valence-electron chi connectivity index (χ3n) is 3.91. The number of rotatable bonds is 1. The van der Waals surface area contributed by atoms with Gasteiger partial charge in [0, 0.05) is 6.42 Å². The Morgan fingerprint density at radius 1 is 1.12 bits per heavy atom. The molecule has 3 nitrogen and oxygen atoms in total. The predicted molar refractivity (Wildman–Crippen MR) is 63.1 cm³/mol. The molecule has 1 aliphatic heterocycles. The Balaban J connectivity index is 2.27. The summed E-state index contributed by atoms with van der Waals surface area (Å²) in [5, 5.41) is 0. The van der Waals surface area contributed by atoms with Crippen LogP contribution in [0.2, 0.25) is 0 Å². The number of allylic oxidation sites excluding steroid dienone is 2. The van der Waals surface area contributed by atoms with Gasteiger partial charge < -0.3 is 9.31 Å². The quantitative estimate of drug-likeness (QED) is 0.661. The molecule has 0 amide bonds. The molecule has 0 saturated carbocycles. The number of halogens is 1. The first kappa shape index (κ1) is 12.8. The van der Waals surface area contributed by atoms with Crippen molar-refractivity contribution < 1.29 is 18.5 Å². The molecule has 0 N–H and O–H groups in total. The van der Waals surface area contributed by atoms with Gasteiger partial charge in [-0.15, -0.1) is 0 Å². The molecule has 2 rings (SSSR count). The third-order valence-corrected chi connectivity index (χ3v) is 3.91. The Morgan fingerprint density at radius 3 is 2.18 bits per heavy atom. The third kappa shape index (κ3) is 2.06. The summed E-state index contributed by atoms with van der Waals surface area (Å²) in [6.45, 7) is 7.65. The lowest BCUT2D eigenvalue weighted by Gasteiger charge is -2.32. The maximum absolute atomic E-state index is 13.8. The minimum Gasteiger partial charge on any atom is -0.399 e. The fourth-order valence-electron chi connectivity index (χ4n) is 2.04. The number of hydrogen-bond donors (Lipinski definition) is 0. The van der Waals surface area contributed by atoms with Gasteiger partial charge in [0.15, 0.2) is 11.6 Å². The molecule has 0 spiro atoms. The van der Waals surface area contributed by atoms with Crippen LogP contribution in [-0.4, -0.2) is 24.1 Å². The normalized spacial score (nSPS) is 27.8. The van der Waals surface area contributed by atoms with Crippen LogP contribution in [0.4, 0.5) is 4.39 Å². The number of Topliss-reactive ketones (excluding diaryl/α,β-unsaturated/α-hetero) is 1. The Bertz CT molecular complexity index is 371. The van der Waals surface area contributed by atoms with E-state index in [1.54, 1.807) is 0 Å². The van der Waals surface area contributed by atoms with Crippen LogP contribution in [0.1, 0.15) is 47.0 Å². The van der Waals surface area contributed by atoms with Gasteiger partial charge >= 0.3 is 7.12 Å². The van der Waals surface area contributed by atoms with Crippen LogP contribution < -0.4 is 0 Å². The minimum atomic E-state index is -0.718. The molecule has 5 heteroatoms. The summed E-state index contributed by atoms with van der Waals surface area (Å²) < 4.78 is 25.3. The zero-order valence-electron chi connectivity index (χ0n) is 10.8. The van der Waals surface area contributed by atoms with Crippen molar-refractivity contribution in [3.8, 4) is 0 Å². The van der Waals surface area contributed by atoms with Gasteiger partial charge in [0.05, 0.1) is 11.2 Å². The second kappa shape index (κ2) is 3.92. The van der Waals surface area contributed by atoms with Crippen molar-refractivity contribution in [2.45, 2.75) is 58.2 Å². The largest absolute Gasteiger partial charge is 0.493 e. The second-order valence-corrected chi connectivity index (χ2v) is 5.70. The van der Waals surface area contributed by atoms with Crippen molar-refractivity contribution in [2.24, 2.45) is 0 Å². The topological polar surface area (TPSA) is 35.5 Å². The molecule has 2 aliphatic rings. The molecule has 0 radical (unpaired) electrons. The molecule has 1 saturated heterocycles. The van der Waals surface area contributed by atoms with E-state index in [0.717, 1.165) is 0 Å². The minimum absolute atomic E-state index is 0.287. The first-order valence-electron chi connectivity index (χ1n) is 6.02. The number of hydrogen-bond acceptors (Lipinski definition) is 3. The van der Waals surface area contributed by atoms with Crippen LogP contribution in [0, 0.1) is 0 Å². The van der Waals surface area contributed by atoms with Crippen molar-refractivity contribution >= 4 is 12.9 Å². The molecule has 1 fully saturated rings. The molecule has 17 heavy (non-hydrogen) atoms. The van der Waals surface area contributed by atoms with Gasteiger partial charge in [0.1, 0.15) is 0 Å². The van der Waals surface area contributed by atoms with E-state index >= 15 is 0 Å². The van der Waals surface area contributed by atoms with E-state index < -0.39 is 29.9 Å². The van der Waals surface area contributed by atoms with Gasteiger partial charge in [-0.1, -0.05) is 0 Å². The van der Waals surface area contributed by atoms with Crippen LogP contribution in [0.3, 0.4) is 0 Å². The maximum Gasteiger partial charge on any atom is 0.493 e. The molecule has 0 aromatic heterocycles. The van der Waals surface area contributed by atoms with Gasteiger partial charge in [0.2, 0.25) is 0 Å². The van der Waals surface area contributed by atoms with Crippen LogP contribution in [-0.2, 0) is 14.1 Å². The summed E-state index contributed by atoms with van der Waals surface area (Å²) in [6.07, 6.45) is 1.49. The van der Waals surface area contributed by atoms with E-state index in [1.807, 2.05) is 27.7 Å². The lowest BCUT2D eigenvalue weighted by Crippen LogP contribution is -2.41. The highest BCUT2D eigenvalue weighted by atomic mass is 19.1. The average molecular weight is 240 g/mol. The summed E-state index contributed by atoms with van der Waals surface area (Å²) in [4.78, 5) is 11.3.